The maximum absolute atomic E-state index is 12.3. The lowest BCUT2D eigenvalue weighted by Crippen LogP contribution is -2.22. The van der Waals surface area contributed by atoms with Crippen molar-refractivity contribution >= 4 is 11.6 Å². The molecule has 2 aromatic carbocycles. The number of hydrogen-bond donors (Lipinski definition) is 1. The molecule has 21 heavy (non-hydrogen) atoms. The summed E-state index contributed by atoms with van der Waals surface area (Å²) in [5.74, 6) is 0.753. The van der Waals surface area contributed by atoms with Gasteiger partial charge in [0.1, 0.15) is 5.75 Å². The summed E-state index contributed by atoms with van der Waals surface area (Å²) in [5, 5.41) is 2.99. The molecule has 1 atom stereocenters. The third-order valence-electron chi connectivity index (χ3n) is 3.53. The Hall–Kier alpha value is -2.29. The summed E-state index contributed by atoms with van der Waals surface area (Å²) >= 11 is 0. The van der Waals surface area contributed by atoms with Crippen LogP contribution in [0.15, 0.2) is 48.5 Å². The molecule has 3 heteroatoms. The van der Waals surface area contributed by atoms with Gasteiger partial charge in [-0.15, -0.1) is 0 Å². The van der Waals surface area contributed by atoms with E-state index in [-0.39, 0.29) is 11.8 Å². The normalized spacial score (nSPS) is 11.8. The summed E-state index contributed by atoms with van der Waals surface area (Å²) in [4.78, 5) is 12.3. The van der Waals surface area contributed by atoms with Crippen LogP contribution < -0.4 is 10.1 Å². The first-order chi connectivity index (χ1) is 10.1. The van der Waals surface area contributed by atoms with Gasteiger partial charge in [0, 0.05) is 11.6 Å². The van der Waals surface area contributed by atoms with Gasteiger partial charge in [0.05, 0.1) is 7.11 Å². The molecule has 2 rings (SSSR count). The van der Waals surface area contributed by atoms with Crippen LogP contribution in [0.3, 0.4) is 0 Å². The van der Waals surface area contributed by atoms with Crippen molar-refractivity contribution in [3.63, 3.8) is 0 Å². The highest BCUT2D eigenvalue weighted by molar-refractivity contribution is 5.93. The van der Waals surface area contributed by atoms with Gasteiger partial charge in [-0.3, -0.25) is 4.79 Å². The van der Waals surface area contributed by atoms with Crippen molar-refractivity contribution in [3.05, 3.63) is 59.7 Å². The van der Waals surface area contributed by atoms with Crippen LogP contribution in [0, 0.1) is 12.8 Å². The Balaban J connectivity index is 2.01. The van der Waals surface area contributed by atoms with E-state index in [1.165, 1.54) is 0 Å². The topological polar surface area (TPSA) is 38.3 Å². The molecule has 0 aliphatic carbocycles. The smallest absolute Gasteiger partial charge is 0.227 e. The quantitative estimate of drug-likeness (QED) is 0.906. The van der Waals surface area contributed by atoms with Crippen LogP contribution in [-0.4, -0.2) is 13.0 Å². The summed E-state index contributed by atoms with van der Waals surface area (Å²) < 4.78 is 5.21. The zero-order valence-corrected chi connectivity index (χ0v) is 12.7. The molecule has 0 saturated carbocycles. The molecule has 2 aromatic rings. The minimum absolute atomic E-state index is 0.0344. The fourth-order valence-electron chi connectivity index (χ4n) is 2.21. The molecule has 0 aliphatic rings. The van der Waals surface area contributed by atoms with E-state index in [2.05, 4.69) is 5.32 Å². The molecular weight excluding hydrogens is 262 g/mol. The number of rotatable bonds is 5. The van der Waals surface area contributed by atoms with E-state index in [1.807, 2.05) is 62.4 Å². The Morgan fingerprint density at radius 3 is 2.67 bits per heavy atom. The molecule has 0 aromatic heterocycles. The maximum Gasteiger partial charge on any atom is 0.227 e. The van der Waals surface area contributed by atoms with Crippen molar-refractivity contribution in [2.24, 2.45) is 5.92 Å². The van der Waals surface area contributed by atoms with Gasteiger partial charge in [0.2, 0.25) is 5.91 Å². The Labute approximate surface area is 126 Å². The molecule has 0 spiro atoms. The fourth-order valence-corrected chi connectivity index (χ4v) is 2.21. The number of carbonyl (C=O) groups excluding carboxylic acids is 1. The zero-order chi connectivity index (χ0) is 15.2. The standard InChI is InChI=1S/C18H21NO2/c1-13-7-4-5-10-17(13)19-18(20)14(2)11-15-8-6-9-16(12-15)21-3/h4-10,12,14H,11H2,1-3H3,(H,19,20). The number of anilines is 1. The molecular formula is C18H21NO2. The van der Waals surface area contributed by atoms with E-state index in [1.54, 1.807) is 7.11 Å². The van der Waals surface area contributed by atoms with E-state index < -0.39 is 0 Å². The van der Waals surface area contributed by atoms with Crippen molar-refractivity contribution in [1.29, 1.82) is 0 Å². The number of para-hydroxylation sites is 1. The summed E-state index contributed by atoms with van der Waals surface area (Å²) in [6.45, 7) is 3.93. The first-order valence-corrected chi connectivity index (χ1v) is 7.09. The van der Waals surface area contributed by atoms with E-state index in [4.69, 9.17) is 4.74 Å². The number of aryl methyl sites for hydroxylation is 1. The van der Waals surface area contributed by atoms with Crippen molar-refractivity contribution in [2.75, 3.05) is 12.4 Å². The molecule has 3 nitrogen and oxygen atoms in total. The van der Waals surface area contributed by atoms with Crippen LogP contribution in [-0.2, 0) is 11.2 Å². The van der Waals surface area contributed by atoms with Crippen LogP contribution in [0.25, 0.3) is 0 Å². The molecule has 0 fully saturated rings. The van der Waals surface area contributed by atoms with Crippen molar-refractivity contribution in [2.45, 2.75) is 20.3 Å². The molecule has 1 N–H and O–H groups in total. The first kappa shape index (κ1) is 15.1. The van der Waals surface area contributed by atoms with Gasteiger partial charge in [-0.2, -0.15) is 0 Å². The lowest BCUT2D eigenvalue weighted by Gasteiger charge is -2.14. The maximum atomic E-state index is 12.3. The number of nitrogens with one attached hydrogen (secondary N) is 1. The van der Waals surface area contributed by atoms with Gasteiger partial charge in [-0.1, -0.05) is 37.3 Å². The zero-order valence-electron chi connectivity index (χ0n) is 12.7. The number of amides is 1. The van der Waals surface area contributed by atoms with Crippen LogP contribution in [0.2, 0.25) is 0 Å². The van der Waals surface area contributed by atoms with Crippen LogP contribution >= 0.6 is 0 Å². The molecule has 0 saturated heterocycles. The molecule has 1 unspecified atom stereocenters. The second kappa shape index (κ2) is 6.93. The molecule has 1 amide bonds. The third-order valence-corrected chi connectivity index (χ3v) is 3.53. The lowest BCUT2D eigenvalue weighted by atomic mass is 10.00. The third kappa shape index (κ3) is 4.09. The number of methoxy groups -OCH3 is 1. The molecule has 0 bridgehead atoms. The van der Waals surface area contributed by atoms with Gasteiger partial charge in [0.25, 0.3) is 0 Å². The second-order valence-electron chi connectivity index (χ2n) is 5.26. The number of hydrogen-bond acceptors (Lipinski definition) is 2. The summed E-state index contributed by atoms with van der Waals surface area (Å²) in [7, 11) is 1.65. The van der Waals surface area contributed by atoms with Crippen molar-refractivity contribution in [3.8, 4) is 5.75 Å². The molecule has 110 valence electrons. The lowest BCUT2D eigenvalue weighted by molar-refractivity contribution is -0.119. The monoisotopic (exact) mass is 283 g/mol. The Morgan fingerprint density at radius 2 is 1.95 bits per heavy atom. The Bertz CT molecular complexity index is 622. The van der Waals surface area contributed by atoms with Gasteiger partial charge in [0.15, 0.2) is 0 Å². The summed E-state index contributed by atoms with van der Waals surface area (Å²) in [5.41, 5.74) is 3.04. The molecule has 0 heterocycles. The second-order valence-corrected chi connectivity index (χ2v) is 5.26. The minimum Gasteiger partial charge on any atom is -0.497 e. The van der Waals surface area contributed by atoms with Gasteiger partial charge in [-0.25, -0.2) is 0 Å². The first-order valence-electron chi connectivity index (χ1n) is 7.09. The number of ether oxygens (including phenoxy) is 1. The van der Waals surface area contributed by atoms with Crippen molar-refractivity contribution in [1.82, 2.24) is 0 Å². The SMILES string of the molecule is COc1cccc(CC(C)C(=O)Nc2ccccc2C)c1. The molecule has 0 radical (unpaired) electrons. The Kier molecular flexibility index (Phi) is 4.99. The number of carbonyl (C=O) groups is 1. The van der Waals surface area contributed by atoms with E-state index >= 15 is 0 Å². The van der Waals surface area contributed by atoms with E-state index in [0.717, 1.165) is 22.6 Å². The highest BCUT2D eigenvalue weighted by Crippen LogP contribution is 2.18. The van der Waals surface area contributed by atoms with Crippen LogP contribution in [0.5, 0.6) is 5.75 Å². The van der Waals surface area contributed by atoms with Crippen molar-refractivity contribution < 1.29 is 9.53 Å². The predicted octanol–water partition coefficient (Wildman–Crippen LogP) is 3.82. The van der Waals surface area contributed by atoms with Gasteiger partial charge >= 0.3 is 0 Å². The highest BCUT2D eigenvalue weighted by atomic mass is 16.5. The van der Waals surface area contributed by atoms with Gasteiger partial charge < -0.3 is 10.1 Å². The molecule has 0 aliphatic heterocycles. The van der Waals surface area contributed by atoms with Gasteiger partial charge in [-0.05, 0) is 42.7 Å². The average molecular weight is 283 g/mol. The average Bonchev–Trinajstić information content (AvgIpc) is 2.49. The van der Waals surface area contributed by atoms with E-state index in [9.17, 15) is 4.79 Å². The fraction of sp³-hybridized carbons (Fsp3) is 0.278. The largest absolute Gasteiger partial charge is 0.497 e. The van der Waals surface area contributed by atoms with E-state index in [0.29, 0.717) is 6.42 Å². The Morgan fingerprint density at radius 1 is 1.19 bits per heavy atom. The minimum atomic E-state index is -0.100. The summed E-state index contributed by atoms with van der Waals surface area (Å²) in [6, 6.07) is 15.6. The summed E-state index contributed by atoms with van der Waals surface area (Å²) in [6.07, 6.45) is 0.689. The van der Waals surface area contributed by atoms with Crippen LogP contribution in [0.4, 0.5) is 5.69 Å². The predicted molar refractivity (Wildman–Crippen MR) is 85.7 cm³/mol. The highest BCUT2D eigenvalue weighted by Gasteiger charge is 2.14. The van der Waals surface area contributed by atoms with Crippen LogP contribution in [0.1, 0.15) is 18.1 Å². The number of benzene rings is 2.